The van der Waals surface area contributed by atoms with Crippen LogP contribution in [0.25, 0.3) is 10.4 Å². The van der Waals surface area contributed by atoms with Crippen LogP contribution in [0, 0.1) is 0 Å². The number of anilines is 1. The Bertz CT molecular complexity index is 800. The van der Waals surface area contributed by atoms with E-state index in [1.165, 1.54) is 11.3 Å². The van der Waals surface area contributed by atoms with Crippen molar-refractivity contribution in [3.63, 3.8) is 0 Å². The van der Waals surface area contributed by atoms with Gasteiger partial charge in [-0.1, -0.05) is 6.07 Å². The van der Waals surface area contributed by atoms with Crippen molar-refractivity contribution < 1.29 is 19.1 Å². The molecule has 0 atom stereocenters. The Kier molecular flexibility index (Phi) is 3.83. The number of carbonyl (C=O) groups is 2. The zero-order valence-corrected chi connectivity index (χ0v) is 13.2. The van der Waals surface area contributed by atoms with Crippen LogP contribution in [0.3, 0.4) is 0 Å². The van der Waals surface area contributed by atoms with Crippen molar-refractivity contribution in [2.45, 2.75) is 12.8 Å². The van der Waals surface area contributed by atoms with Crippen molar-refractivity contribution in [3.8, 4) is 21.9 Å². The molecule has 8 heteroatoms. The minimum absolute atomic E-state index is 0.268. The van der Waals surface area contributed by atoms with Crippen molar-refractivity contribution in [3.05, 3.63) is 29.3 Å². The van der Waals surface area contributed by atoms with Gasteiger partial charge >= 0.3 is 12.1 Å². The molecule has 0 fully saturated rings. The molecular weight excluding hydrogens is 318 g/mol. The van der Waals surface area contributed by atoms with Crippen LogP contribution in [0.4, 0.5) is 14.6 Å². The first-order chi connectivity index (χ1) is 11.0. The van der Waals surface area contributed by atoms with Gasteiger partial charge in [-0.15, -0.1) is 11.3 Å². The Morgan fingerprint density at radius 1 is 1.26 bits per heavy atom. The lowest BCUT2D eigenvalue weighted by Gasteiger charge is -2.17. The number of nitrogens with two attached hydrogens (primary N) is 2. The number of hydrogen-bond donors (Lipinski definition) is 3. The van der Waals surface area contributed by atoms with E-state index >= 15 is 0 Å². The highest BCUT2D eigenvalue weighted by molar-refractivity contribution is 7.20. The average molecular weight is 333 g/mol. The number of aryl methyl sites for hydroxylation is 1. The molecule has 0 spiro atoms. The molecule has 0 saturated carbocycles. The van der Waals surface area contributed by atoms with Gasteiger partial charge in [0.1, 0.15) is 10.8 Å². The summed E-state index contributed by atoms with van der Waals surface area (Å²) in [5, 5.41) is 2.86. The first-order valence-electron chi connectivity index (χ1n) is 6.86. The van der Waals surface area contributed by atoms with Gasteiger partial charge < -0.3 is 20.9 Å². The maximum atomic E-state index is 11.2. The molecule has 2 aromatic rings. The number of thiophene rings is 1. The Labute approximate surface area is 136 Å². The molecule has 5 N–H and O–H groups in total. The molecule has 3 amide bonds. The van der Waals surface area contributed by atoms with Crippen LogP contribution in [-0.4, -0.2) is 19.2 Å². The smallest absolute Gasteiger partial charge is 0.410 e. The van der Waals surface area contributed by atoms with Crippen LogP contribution in [0.5, 0.6) is 11.5 Å². The van der Waals surface area contributed by atoms with E-state index < -0.39 is 12.1 Å². The lowest BCUT2D eigenvalue weighted by atomic mass is 9.91. The molecule has 7 nitrogen and oxygen atoms in total. The number of primary amides is 2. The summed E-state index contributed by atoms with van der Waals surface area (Å²) in [7, 11) is 1.60. The van der Waals surface area contributed by atoms with E-state index in [0.717, 1.165) is 33.7 Å². The van der Waals surface area contributed by atoms with Gasteiger partial charge in [-0.25, -0.2) is 9.59 Å². The molecule has 1 aromatic carbocycles. The van der Waals surface area contributed by atoms with Gasteiger partial charge in [-0.05, 0) is 36.1 Å². The molecule has 0 aliphatic heterocycles. The van der Waals surface area contributed by atoms with Crippen molar-refractivity contribution in [2.24, 2.45) is 11.5 Å². The number of urea groups is 1. The van der Waals surface area contributed by atoms with Gasteiger partial charge in [-0.2, -0.15) is 0 Å². The highest BCUT2D eigenvalue weighted by Gasteiger charge is 2.27. The average Bonchev–Trinajstić information content (AvgIpc) is 2.83. The predicted molar refractivity (Wildman–Crippen MR) is 87.1 cm³/mol. The monoisotopic (exact) mass is 333 g/mol. The van der Waals surface area contributed by atoms with Gasteiger partial charge in [0.15, 0.2) is 5.75 Å². The van der Waals surface area contributed by atoms with Crippen molar-refractivity contribution in [1.82, 2.24) is 0 Å². The number of benzene rings is 1. The van der Waals surface area contributed by atoms with E-state index in [2.05, 4.69) is 5.32 Å². The number of ether oxygens (including phenoxy) is 2. The third-order valence-electron chi connectivity index (χ3n) is 3.60. The molecule has 1 aliphatic rings. The topological polar surface area (TPSA) is 117 Å². The van der Waals surface area contributed by atoms with Crippen molar-refractivity contribution >= 4 is 28.5 Å². The summed E-state index contributed by atoms with van der Waals surface area (Å²) in [6.07, 6.45) is 0.525. The van der Waals surface area contributed by atoms with E-state index in [1.54, 1.807) is 7.11 Å². The summed E-state index contributed by atoms with van der Waals surface area (Å²) < 4.78 is 10.4. The second-order valence-corrected chi connectivity index (χ2v) is 6.02. The third-order valence-corrected chi connectivity index (χ3v) is 4.77. The number of amides is 3. The van der Waals surface area contributed by atoms with Gasteiger partial charge in [0.2, 0.25) is 0 Å². The molecule has 1 aliphatic carbocycles. The fraction of sp³-hybridized carbons (Fsp3) is 0.200. The second kappa shape index (κ2) is 5.81. The first kappa shape index (κ1) is 15.2. The molecule has 0 unspecified atom stereocenters. The van der Waals surface area contributed by atoms with Crippen LogP contribution in [0.2, 0.25) is 0 Å². The molecule has 3 rings (SSSR count). The molecule has 1 heterocycles. The summed E-state index contributed by atoms with van der Waals surface area (Å²) in [6.45, 7) is 0. The number of fused-ring (bicyclic) bond motifs is 3. The van der Waals surface area contributed by atoms with E-state index in [0.29, 0.717) is 11.4 Å². The van der Waals surface area contributed by atoms with Gasteiger partial charge in [0, 0.05) is 10.4 Å². The molecule has 0 bridgehead atoms. The third kappa shape index (κ3) is 2.80. The molecule has 0 radical (unpaired) electrons. The van der Waals surface area contributed by atoms with Gasteiger partial charge in [0.05, 0.1) is 7.11 Å². The first-order valence-corrected chi connectivity index (χ1v) is 7.68. The fourth-order valence-electron chi connectivity index (χ4n) is 2.67. The maximum absolute atomic E-state index is 11.2. The highest BCUT2D eigenvalue weighted by Crippen LogP contribution is 2.50. The molecule has 120 valence electrons. The summed E-state index contributed by atoms with van der Waals surface area (Å²) in [4.78, 5) is 23.3. The van der Waals surface area contributed by atoms with Crippen LogP contribution in [0.15, 0.2) is 18.2 Å². The predicted octanol–water partition coefficient (Wildman–Crippen LogP) is 2.47. The summed E-state index contributed by atoms with van der Waals surface area (Å²) in [5.41, 5.74) is 13.3. The zero-order valence-electron chi connectivity index (χ0n) is 12.3. The standard InChI is InChI=1S/C15H15N3O4S/c1-21-8-4-2-7-3-5-9-11(22-15(17)20)13(18-14(16)19)23-12(9)10(7)6-8/h2,4,6H,3,5H2,1H3,(H2,17,20)(H3,16,18,19). The number of hydrogen-bond acceptors (Lipinski definition) is 5. The number of rotatable bonds is 3. The normalized spacial score (nSPS) is 12.0. The lowest BCUT2D eigenvalue weighted by molar-refractivity contribution is 0.210. The van der Waals surface area contributed by atoms with E-state index in [9.17, 15) is 9.59 Å². The van der Waals surface area contributed by atoms with Crippen LogP contribution < -0.4 is 26.3 Å². The van der Waals surface area contributed by atoms with Crippen molar-refractivity contribution in [1.29, 1.82) is 0 Å². The Morgan fingerprint density at radius 2 is 2.04 bits per heavy atom. The summed E-state index contributed by atoms with van der Waals surface area (Å²) >= 11 is 1.29. The minimum atomic E-state index is -0.936. The maximum Gasteiger partial charge on any atom is 0.410 e. The number of methoxy groups -OCH3 is 1. The molecule has 0 saturated heterocycles. The largest absolute Gasteiger partial charge is 0.497 e. The fourth-order valence-corrected chi connectivity index (χ4v) is 3.90. The summed E-state index contributed by atoms with van der Waals surface area (Å²) in [6, 6.07) is 5.10. The highest BCUT2D eigenvalue weighted by atomic mass is 32.1. The minimum Gasteiger partial charge on any atom is -0.497 e. The quantitative estimate of drug-likeness (QED) is 0.800. The molecule has 1 aromatic heterocycles. The van der Waals surface area contributed by atoms with E-state index in [-0.39, 0.29) is 5.75 Å². The van der Waals surface area contributed by atoms with E-state index in [4.69, 9.17) is 20.9 Å². The zero-order chi connectivity index (χ0) is 16.6. The molecule has 23 heavy (non-hydrogen) atoms. The van der Waals surface area contributed by atoms with Gasteiger partial charge in [-0.3, -0.25) is 5.32 Å². The Balaban J connectivity index is 2.15. The second-order valence-electron chi connectivity index (χ2n) is 5.00. The number of carbonyl (C=O) groups excluding carboxylic acids is 2. The van der Waals surface area contributed by atoms with Crippen LogP contribution in [-0.2, 0) is 12.8 Å². The van der Waals surface area contributed by atoms with Crippen LogP contribution in [0.1, 0.15) is 11.1 Å². The summed E-state index contributed by atoms with van der Waals surface area (Å²) in [5.74, 6) is 0.997. The Morgan fingerprint density at radius 3 is 2.70 bits per heavy atom. The van der Waals surface area contributed by atoms with Crippen molar-refractivity contribution in [2.75, 3.05) is 12.4 Å². The SMILES string of the molecule is COc1ccc2c(c1)-c1sc(NC(N)=O)c(OC(N)=O)c1CC2. The van der Waals surface area contributed by atoms with E-state index in [1.807, 2.05) is 18.2 Å². The van der Waals surface area contributed by atoms with Crippen LogP contribution >= 0.6 is 11.3 Å². The lowest BCUT2D eigenvalue weighted by Crippen LogP contribution is -2.21. The molecular formula is C15H15N3O4S. The number of nitrogens with one attached hydrogen (secondary N) is 1. The Hall–Kier alpha value is -2.74. The van der Waals surface area contributed by atoms with Gasteiger partial charge in [0.25, 0.3) is 0 Å².